The van der Waals surface area contributed by atoms with Crippen LogP contribution in [-0.4, -0.2) is 42.5 Å². The van der Waals surface area contributed by atoms with Crippen molar-refractivity contribution in [3.8, 4) is 5.75 Å². The van der Waals surface area contributed by atoms with Crippen LogP contribution in [0.5, 0.6) is 5.75 Å². The predicted octanol–water partition coefficient (Wildman–Crippen LogP) is 1.82. The van der Waals surface area contributed by atoms with Crippen molar-refractivity contribution in [3.05, 3.63) is 29.8 Å². The highest BCUT2D eigenvalue weighted by Gasteiger charge is 2.35. The summed E-state index contributed by atoms with van der Waals surface area (Å²) in [7, 11) is 1.62. The molecule has 1 N–H and O–H groups in total. The fourth-order valence-electron chi connectivity index (χ4n) is 2.33. The molecule has 1 saturated heterocycles. The Hall–Kier alpha value is -2.25. The summed E-state index contributed by atoms with van der Waals surface area (Å²) in [6.07, 6.45) is -5.50. The Labute approximate surface area is 131 Å². The second kappa shape index (κ2) is 6.47. The molecule has 1 aliphatic heterocycles. The van der Waals surface area contributed by atoms with Gasteiger partial charge in [-0.2, -0.15) is 13.2 Å². The molecule has 23 heavy (non-hydrogen) atoms. The van der Waals surface area contributed by atoms with E-state index in [4.69, 9.17) is 4.74 Å². The van der Waals surface area contributed by atoms with Crippen LogP contribution in [0.3, 0.4) is 0 Å². The maximum atomic E-state index is 12.9. The molecule has 0 saturated carbocycles. The van der Waals surface area contributed by atoms with Crippen molar-refractivity contribution in [3.63, 3.8) is 0 Å². The van der Waals surface area contributed by atoms with Crippen LogP contribution in [0.1, 0.15) is 18.9 Å². The second-order valence-electron chi connectivity index (χ2n) is 5.44. The zero-order valence-corrected chi connectivity index (χ0v) is 12.7. The van der Waals surface area contributed by atoms with Crippen LogP contribution >= 0.6 is 0 Å². The number of hydrogen-bond acceptors (Lipinski definition) is 3. The van der Waals surface area contributed by atoms with E-state index in [9.17, 15) is 22.8 Å². The number of alkyl halides is 3. The van der Waals surface area contributed by atoms with Crippen LogP contribution in [0.4, 0.5) is 13.2 Å². The van der Waals surface area contributed by atoms with E-state index in [-0.39, 0.29) is 18.4 Å². The number of para-hydroxylation sites is 1. The molecule has 0 unspecified atom stereocenters. The quantitative estimate of drug-likeness (QED) is 0.916. The average Bonchev–Trinajstić information content (AvgIpc) is 2.76. The molecular weight excluding hydrogens is 313 g/mol. The first kappa shape index (κ1) is 17.1. The van der Waals surface area contributed by atoms with Gasteiger partial charge in [0.1, 0.15) is 5.75 Å². The molecule has 0 aromatic heterocycles. The lowest BCUT2D eigenvalue weighted by Gasteiger charge is -2.20. The van der Waals surface area contributed by atoms with Crippen LogP contribution in [-0.2, 0) is 15.8 Å². The normalized spacial score (nSPS) is 19.6. The number of nitrogens with one attached hydrogen (secondary N) is 1. The van der Waals surface area contributed by atoms with Crippen molar-refractivity contribution < 1.29 is 27.5 Å². The first-order valence-electron chi connectivity index (χ1n) is 7.05. The molecule has 0 bridgehead atoms. The van der Waals surface area contributed by atoms with Gasteiger partial charge in [0, 0.05) is 20.0 Å². The minimum Gasteiger partial charge on any atom is -0.480 e. The maximum Gasteiger partial charge on any atom is 0.419 e. The zero-order chi connectivity index (χ0) is 17.2. The van der Waals surface area contributed by atoms with Gasteiger partial charge >= 0.3 is 6.18 Å². The molecule has 0 radical (unpaired) electrons. The van der Waals surface area contributed by atoms with Gasteiger partial charge in [-0.05, 0) is 19.1 Å². The number of nitrogens with zero attached hydrogens (tertiary/aromatic N) is 1. The van der Waals surface area contributed by atoms with E-state index < -0.39 is 29.5 Å². The Kier molecular flexibility index (Phi) is 4.82. The molecular formula is C15H17F3N2O3. The minimum atomic E-state index is -4.56. The standard InChI is InChI=1S/C15H17F3N2O3/c1-9(14(22)19-10-7-13(21)20(2)8-10)23-12-6-4-3-5-11(12)15(16,17)18/h3-6,9-10H,7-8H2,1-2H3,(H,19,22)/t9-,10+/m1/s1. The Morgan fingerprint density at radius 3 is 2.61 bits per heavy atom. The predicted molar refractivity (Wildman–Crippen MR) is 75.7 cm³/mol. The van der Waals surface area contributed by atoms with Gasteiger partial charge in [-0.25, -0.2) is 0 Å². The van der Waals surface area contributed by atoms with Gasteiger partial charge in [-0.1, -0.05) is 12.1 Å². The molecule has 5 nitrogen and oxygen atoms in total. The molecule has 1 heterocycles. The maximum absolute atomic E-state index is 12.9. The zero-order valence-electron chi connectivity index (χ0n) is 12.7. The molecule has 1 aromatic rings. The Morgan fingerprint density at radius 2 is 2.04 bits per heavy atom. The Balaban J connectivity index is 2.01. The lowest BCUT2D eigenvalue weighted by molar-refractivity contribution is -0.140. The number of carbonyl (C=O) groups is 2. The number of rotatable bonds is 4. The van der Waals surface area contributed by atoms with E-state index in [2.05, 4.69) is 5.32 Å². The summed E-state index contributed by atoms with van der Waals surface area (Å²) in [5.74, 6) is -1.05. The summed E-state index contributed by atoms with van der Waals surface area (Å²) < 4.78 is 43.8. The third kappa shape index (κ3) is 4.14. The van der Waals surface area contributed by atoms with Gasteiger partial charge in [-0.15, -0.1) is 0 Å². The highest BCUT2D eigenvalue weighted by molar-refractivity contribution is 5.84. The fraction of sp³-hybridized carbons (Fsp3) is 0.467. The smallest absolute Gasteiger partial charge is 0.419 e. The molecule has 1 aromatic carbocycles. The number of benzene rings is 1. The van der Waals surface area contributed by atoms with Crippen LogP contribution < -0.4 is 10.1 Å². The molecule has 8 heteroatoms. The van der Waals surface area contributed by atoms with E-state index in [1.54, 1.807) is 7.05 Å². The van der Waals surface area contributed by atoms with Gasteiger partial charge in [0.25, 0.3) is 5.91 Å². The molecule has 1 fully saturated rings. The molecule has 126 valence electrons. The highest BCUT2D eigenvalue weighted by atomic mass is 19.4. The summed E-state index contributed by atoms with van der Waals surface area (Å²) in [5, 5.41) is 2.61. The van der Waals surface area contributed by atoms with E-state index >= 15 is 0 Å². The summed E-state index contributed by atoms with van der Waals surface area (Å²) in [6, 6.07) is 4.36. The second-order valence-corrected chi connectivity index (χ2v) is 5.44. The SMILES string of the molecule is C[C@@H](Oc1ccccc1C(F)(F)F)C(=O)N[C@H]1CC(=O)N(C)C1. The minimum absolute atomic E-state index is 0.0914. The van der Waals surface area contributed by atoms with Gasteiger partial charge in [0.2, 0.25) is 5.91 Å². The number of carbonyl (C=O) groups excluding carboxylic acids is 2. The van der Waals surface area contributed by atoms with E-state index in [0.717, 1.165) is 6.07 Å². The van der Waals surface area contributed by atoms with Crippen molar-refractivity contribution in [1.82, 2.24) is 10.2 Å². The number of halogens is 3. The van der Waals surface area contributed by atoms with Gasteiger partial charge in [-0.3, -0.25) is 9.59 Å². The summed E-state index contributed by atoms with van der Waals surface area (Å²) in [4.78, 5) is 24.9. The molecule has 1 aliphatic rings. The molecule has 0 spiro atoms. The summed E-state index contributed by atoms with van der Waals surface area (Å²) in [5.41, 5.74) is -0.935. The lowest BCUT2D eigenvalue weighted by atomic mass is 10.2. The monoisotopic (exact) mass is 330 g/mol. The molecule has 2 atom stereocenters. The topological polar surface area (TPSA) is 58.6 Å². The van der Waals surface area contributed by atoms with Gasteiger partial charge < -0.3 is 15.0 Å². The fourth-order valence-corrected chi connectivity index (χ4v) is 2.33. The highest BCUT2D eigenvalue weighted by Crippen LogP contribution is 2.36. The number of ether oxygens (including phenoxy) is 1. The first-order chi connectivity index (χ1) is 10.7. The van der Waals surface area contributed by atoms with Gasteiger partial charge in [0.05, 0.1) is 11.6 Å². The van der Waals surface area contributed by atoms with Gasteiger partial charge in [0.15, 0.2) is 6.10 Å². The third-order valence-corrected chi connectivity index (χ3v) is 3.55. The Morgan fingerprint density at radius 1 is 1.39 bits per heavy atom. The molecule has 2 rings (SSSR count). The van der Waals surface area contributed by atoms with Crippen molar-refractivity contribution in [1.29, 1.82) is 0 Å². The van der Waals surface area contributed by atoms with Crippen molar-refractivity contribution in [2.45, 2.75) is 31.7 Å². The van der Waals surface area contributed by atoms with E-state index in [1.807, 2.05) is 0 Å². The van der Waals surface area contributed by atoms with Crippen molar-refractivity contribution in [2.24, 2.45) is 0 Å². The van der Waals surface area contributed by atoms with E-state index in [0.29, 0.717) is 6.54 Å². The number of likely N-dealkylation sites (tertiary alicyclic amines) is 1. The first-order valence-corrected chi connectivity index (χ1v) is 7.05. The number of hydrogen-bond donors (Lipinski definition) is 1. The van der Waals surface area contributed by atoms with Crippen LogP contribution in [0.2, 0.25) is 0 Å². The Bertz CT molecular complexity index is 604. The molecule has 0 aliphatic carbocycles. The largest absolute Gasteiger partial charge is 0.480 e. The summed E-state index contributed by atoms with van der Waals surface area (Å²) >= 11 is 0. The van der Waals surface area contributed by atoms with Crippen LogP contribution in [0.25, 0.3) is 0 Å². The lowest BCUT2D eigenvalue weighted by Crippen LogP contribution is -2.43. The van der Waals surface area contributed by atoms with Crippen LogP contribution in [0, 0.1) is 0 Å². The van der Waals surface area contributed by atoms with E-state index in [1.165, 1.54) is 30.0 Å². The van der Waals surface area contributed by atoms with Crippen LogP contribution in [0.15, 0.2) is 24.3 Å². The third-order valence-electron chi connectivity index (χ3n) is 3.55. The molecule has 2 amide bonds. The number of amides is 2. The van der Waals surface area contributed by atoms with Crippen molar-refractivity contribution >= 4 is 11.8 Å². The summed E-state index contributed by atoms with van der Waals surface area (Å²) in [6.45, 7) is 1.74. The van der Waals surface area contributed by atoms with Crippen molar-refractivity contribution in [2.75, 3.05) is 13.6 Å². The average molecular weight is 330 g/mol. The number of likely N-dealkylation sites (N-methyl/N-ethyl adjacent to an activating group) is 1.